The maximum absolute atomic E-state index is 12.4. The average molecular weight is 380 g/mol. The Hall–Kier alpha value is -3.15. The zero-order valence-corrected chi connectivity index (χ0v) is 16.3. The van der Waals surface area contributed by atoms with Crippen molar-refractivity contribution in [1.29, 1.82) is 0 Å². The van der Waals surface area contributed by atoms with Gasteiger partial charge in [-0.15, -0.1) is 0 Å². The van der Waals surface area contributed by atoms with Gasteiger partial charge in [0.25, 0.3) is 0 Å². The molecule has 6 heteroatoms. The Morgan fingerprint density at radius 2 is 1.82 bits per heavy atom. The van der Waals surface area contributed by atoms with Gasteiger partial charge in [0, 0.05) is 5.56 Å². The molecule has 1 heterocycles. The first kappa shape index (κ1) is 19.6. The number of aromatic nitrogens is 1. The summed E-state index contributed by atoms with van der Waals surface area (Å²) < 4.78 is 11.0. The van der Waals surface area contributed by atoms with Gasteiger partial charge in [0.2, 0.25) is 11.8 Å². The monoisotopic (exact) mass is 380 g/mol. The number of esters is 1. The first-order valence-electron chi connectivity index (χ1n) is 9.34. The van der Waals surface area contributed by atoms with E-state index in [2.05, 4.69) is 10.3 Å². The van der Waals surface area contributed by atoms with E-state index in [1.807, 2.05) is 62.4 Å². The van der Waals surface area contributed by atoms with Crippen molar-refractivity contribution in [2.75, 3.05) is 6.61 Å². The van der Waals surface area contributed by atoms with E-state index in [0.29, 0.717) is 23.6 Å². The molecule has 0 radical (unpaired) electrons. The van der Waals surface area contributed by atoms with Crippen molar-refractivity contribution in [3.63, 3.8) is 0 Å². The largest absolute Gasteiger partial charge is 0.464 e. The number of carbonyl (C=O) groups is 2. The molecule has 0 unspecified atom stereocenters. The molecule has 3 aromatic rings. The fourth-order valence-electron chi connectivity index (χ4n) is 2.75. The van der Waals surface area contributed by atoms with Crippen LogP contribution in [0.2, 0.25) is 0 Å². The standard InChI is InChI=1S/C22H24N2O4/c1-14(2)13-27-22(26)15(3)23-19(25)12-17-10-7-11-18-20(17)24-21(28-18)16-8-5-4-6-9-16/h4-11,14-15H,12-13H2,1-3H3,(H,23,25)/t15-/m0/s1. The third-order valence-corrected chi connectivity index (χ3v) is 4.16. The lowest BCUT2D eigenvalue weighted by Crippen LogP contribution is -2.40. The fourth-order valence-corrected chi connectivity index (χ4v) is 2.75. The second kappa shape index (κ2) is 8.69. The molecule has 0 aliphatic heterocycles. The van der Waals surface area contributed by atoms with Crippen molar-refractivity contribution in [2.24, 2.45) is 5.92 Å². The number of amides is 1. The predicted octanol–water partition coefficient (Wildman–Crippen LogP) is 3.74. The highest BCUT2D eigenvalue weighted by Crippen LogP contribution is 2.26. The Morgan fingerprint density at radius 1 is 1.07 bits per heavy atom. The molecule has 0 bridgehead atoms. The van der Waals surface area contributed by atoms with Gasteiger partial charge in [-0.25, -0.2) is 9.78 Å². The number of hydrogen-bond acceptors (Lipinski definition) is 5. The van der Waals surface area contributed by atoms with Gasteiger partial charge in [-0.2, -0.15) is 0 Å². The molecular weight excluding hydrogens is 356 g/mol. The number of carbonyl (C=O) groups excluding carboxylic acids is 2. The number of nitrogens with one attached hydrogen (secondary N) is 1. The van der Waals surface area contributed by atoms with E-state index < -0.39 is 12.0 Å². The van der Waals surface area contributed by atoms with Gasteiger partial charge in [-0.1, -0.05) is 44.2 Å². The van der Waals surface area contributed by atoms with Crippen LogP contribution in [0.25, 0.3) is 22.6 Å². The Balaban J connectivity index is 1.71. The molecule has 0 saturated carbocycles. The average Bonchev–Trinajstić information content (AvgIpc) is 3.12. The highest BCUT2D eigenvalue weighted by Gasteiger charge is 2.19. The zero-order valence-electron chi connectivity index (χ0n) is 16.3. The van der Waals surface area contributed by atoms with Crippen LogP contribution in [0.3, 0.4) is 0 Å². The minimum Gasteiger partial charge on any atom is -0.464 e. The normalized spacial score (nSPS) is 12.1. The lowest BCUT2D eigenvalue weighted by atomic mass is 10.1. The molecule has 1 aromatic heterocycles. The van der Waals surface area contributed by atoms with Crippen molar-refractivity contribution in [2.45, 2.75) is 33.2 Å². The van der Waals surface area contributed by atoms with Gasteiger partial charge in [0.15, 0.2) is 5.58 Å². The number of fused-ring (bicyclic) bond motifs is 1. The highest BCUT2D eigenvalue weighted by atomic mass is 16.5. The van der Waals surface area contributed by atoms with E-state index in [0.717, 1.165) is 11.1 Å². The molecule has 2 aromatic carbocycles. The quantitative estimate of drug-likeness (QED) is 0.632. The summed E-state index contributed by atoms with van der Waals surface area (Å²) in [6.07, 6.45) is 0.0971. The number of para-hydroxylation sites is 1. The Morgan fingerprint density at radius 3 is 2.54 bits per heavy atom. The summed E-state index contributed by atoms with van der Waals surface area (Å²) >= 11 is 0. The molecule has 0 aliphatic carbocycles. The summed E-state index contributed by atoms with van der Waals surface area (Å²) in [6.45, 7) is 5.86. The van der Waals surface area contributed by atoms with Gasteiger partial charge < -0.3 is 14.5 Å². The molecule has 1 N–H and O–H groups in total. The van der Waals surface area contributed by atoms with Crippen LogP contribution in [0.15, 0.2) is 52.9 Å². The summed E-state index contributed by atoms with van der Waals surface area (Å²) in [5, 5.41) is 2.68. The van der Waals surface area contributed by atoms with Crippen LogP contribution in [-0.4, -0.2) is 29.5 Å². The summed E-state index contributed by atoms with van der Waals surface area (Å²) in [5.74, 6) is 0.0448. The van der Waals surface area contributed by atoms with Gasteiger partial charge >= 0.3 is 5.97 Å². The van der Waals surface area contributed by atoms with Gasteiger partial charge in [-0.3, -0.25) is 4.79 Å². The SMILES string of the molecule is CC(C)COC(=O)[C@H](C)NC(=O)Cc1cccc2oc(-c3ccccc3)nc12. The maximum Gasteiger partial charge on any atom is 0.328 e. The van der Waals surface area contributed by atoms with Crippen molar-refractivity contribution < 1.29 is 18.7 Å². The molecule has 0 saturated heterocycles. The first-order chi connectivity index (χ1) is 13.4. The molecule has 1 atom stereocenters. The lowest BCUT2D eigenvalue weighted by molar-refractivity contribution is -0.148. The zero-order chi connectivity index (χ0) is 20.1. The molecule has 146 valence electrons. The molecule has 0 aliphatic rings. The first-order valence-corrected chi connectivity index (χ1v) is 9.34. The molecule has 0 spiro atoms. The summed E-state index contributed by atoms with van der Waals surface area (Å²) in [7, 11) is 0. The number of rotatable bonds is 7. The van der Waals surface area contributed by atoms with Crippen LogP contribution in [-0.2, 0) is 20.7 Å². The molecule has 1 amide bonds. The number of oxazole rings is 1. The number of hydrogen-bond donors (Lipinski definition) is 1. The lowest BCUT2D eigenvalue weighted by Gasteiger charge is -2.14. The Kier molecular flexibility index (Phi) is 6.09. The molecule has 0 fully saturated rings. The molecule has 3 rings (SSSR count). The number of ether oxygens (including phenoxy) is 1. The van der Waals surface area contributed by atoms with Crippen molar-refractivity contribution in [3.05, 3.63) is 54.1 Å². The van der Waals surface area contributed by atoms with E-state index in [-0.39, 0.29) is 18.2 Å². The van der Waals surface area contributed by atoms with Gasteiger partial charge in [-0.05, 0) is 36.6 Å². The second-order valence-corrected chi connectivity index (χ2v) is 7.14. The van der Waals surface area contributed by atoms with Crippen LogP contribution in [0.4, 0.5) is 0 Å². The van der Waals surface area contributed by atoms with Crippen LogP contribution in [0.5, 0.6) is 0 Å². The maximum atomic E-state index is 12.4. The molecular formula is C22H24N2O4. The van der Waals surface area contributed by atoms with Crippen molar-refractivity contribution in [1.82, 2.24) is 10.3 Å². The minimum atomic E-state index is -0.706. The predicted molar refractivity (Wildman–Crippen MR) is 107 cm³/mol. The van der Waals surface area contributed by atoms with E-state index >= 15 is 0 Å². The van der Waals surface area contributed by atoms with E-state index in [1.54, 1.807) is 6.92 Å². The Labute approximate surface area is 163 Å². The van der Waals surface area contributed by atoms with Crippen LogP contribution in [0.1, 0.15) is 26.3 Å². The fraction of sp³-hybridized carbons (Fsp3) is 0.318. The summed E-state index contributed by atoms with van der Waals surface area (Å²) in [5.41, 5.74) is 2.87. The van der Waals surface area contributed by atoms with Crippen molar-refractivity contribution >= 4 is 23.0 Å². The van der Waals surface area contributed by atoms with Gasteiger partial charge in [0.05, 0.1) is 13.0 Å². The number of nitrogens with zero attached hydrogens (tertiary/aromatic N) is 1. The molecule has 28 heavy (non-hydrogen) atoms. The Bertz CT molecular complexity index is 963. The van der Waals surface area contributed by atoms with Gasteiger partial charge in [0.1, 0.15) is 11.6 Å². The minimum absolute atomic E-state index is 0.0971. The van der Waals surface area contributed by atoms with Crippen LogP contribution >= 0.6 is 0 Å². The van der Waals surface area contributed by atoms with Crippen LogP contribution in [0, 0.1) is 5.92 Å². The second-order valence-electron chi connectivity index (χ2n) is 7.14. The summed E-state index contributed by atoms with van der Waals surface area (Å²) in [4.78, 5) is 28.9. The topological polar surface area (TPSA) is 81.4 Å². The highest BCUT2D eigenvalue weighted by molar-refractivity contribution is 5.89. The third kappa shape index (κ3) is 4.76. The number of benzene rings is 2. The van der Waals surface area contributed by atoms with E-state index in [1.165, 1.54) is 0 Å². The van der Waals surface area contributed by atoms with E-state index in [4.69, 9.17) is 9.15 Å². The third-order valence-electron chi connectivity index (χ3n) is 4.16. The summed E-state index contributed by atoms with van der Waals surface area (Å²) in [6, 6.07) is 14.4. The van der Waals surface area contributed by atoms with Crippen LogP contribution < -0.4 is 5.32 Å². The smallest absolute Gasteiger partial charge is 0.328 e. The van der Waals surface area contributed by atoms with E-state index in [9.17, 15) is 9.59 Å². The van der Waals surface area contributed by atoms with Crippen molar-refractivity contribution in [3.8, 4) is 11.5 Å². The molecule has 6 nitrogen and oxygen atoms in total.